The highest BCUT2D eigenvalue weighted by molar-refractivity contribution is 7.98. The number of hydrogen-bond donors (Lipinski definition) is 1. The summed E-state index contributed by atoms with van der Waals surface area (Å²) >= 11 is 3.12. The first kappa shape index (κ1) is 12.1. The Labute approximate surface area is 108 Å². The van der Waals surface area contributed by atoms with E-state index in [0.717, 1.165) is 5.56 Å². The minimum atomic E-state index is -0.125. The summed E-state index contributed by atoms with van der Waals surface area (Å²) in [7, 11) is 0. The van der Waals surface area contributed by atoms with Crippen molar-refractivity contribution in [3.63, 3.8) is 0 Å². The van der Waals surface area contributed by atoms with Crippen molar-refractivity contribution in [3.8, 4) is 0 Å². The molecule has 1 heterocycles. The van der Waals surface area contributed by atoms with E-state index < -0.39 is 0 Å². The maximum Gasteiger partial charge on any atom is 0.271 e. The van der Waals surface area contributed by atoms with Crippen LogP contribution in [-0.2, 0) is 6.54 Å². The number of hydrogen-bond acceptors (Lipinski definition) is 4. The van der Waals surface area contributed by atoms with Crippen LogP contribution in [0.5, 0.6) is 0 Å². The normalized spacial score (nSPS) is 10.2. The standard InChI is InChI=1S/C12H12N2OS2/c1-16-10-4-2-9(3-5-10)6-13-12(15)11-7-17-8-14-11/h2-5,7-8H,6H2,1H3,(H,13,15). The summed E-state index contributed by atoms with van der Waals surface area (Å²) in [6.07, 6.45) is 2.04. The van der Waals surface area contributed by atoms with Crippen molar-refractivity contribution in [1.29, 1.82) is 0 Å². The molecule has 0 aliphatic carbocycles. The minimum absolute atomic E-state index is 0.125. The van der Waals surface area contributed by atoms with Crippen LogP contribution in [0, 0.1) is 0 Å². The number of carbonyl (C=O) groups is 1. The molecule has 1 aromatic heterocycles. The maximum atomic E-state index is 11.6. The van der Waals surface area contributed by atoms with Gasteiger partial charge in [-0.15, -0.1) is 23.1 Å². The Hall–Kier alpha value is -1.33. The van der Waals surface area contributed by atoms with Crippen molar-refractivity contribution in [1.82, 2.24) is 10.3 Å². The second kappa shape index (κ2) is 5.84. The third-order valence-corrected chi connectivity index (χ3v) is 3.61. The predicted octanol–water partition coefficient (Wildman–Crippen LogP) is 2.79. The average molecular weight is 264 g/mol. The zero-order valence-corrected chi connectivity index (χ0v) is 11.0. The van der Waals surface area contributed by atoms with E-state index in [1.54, 1.807) is 22.7 Å². The van der Waals surface area contributed by atoms with E-state index in [1.807, 2.05) is 18.4 Å². The molecular formula is C12H12N2OS2. The number of amides is 1. The van der Waals surface area contributed by atoms with Crippen molar-refractivity contribution in [2.75, 3.05) is 6.26 Å². The number of rotatable bonds is 4. The number of nitrogens with one attached hydrogen (secondary N) is 1. The summed E-state index contributed by atoms with van der Waals surface area (Å²) < 4.78 is 0. The average Bonchev–Trinajstić information content (AvgIpc) is 2.90. The van der Waals surface area contributed by atoms with Crippen LogP contribution in [0.2, 0.25) is 0 Å². The number of carbonyl (C=O) groups excluding carboxylic acids is 1. The quantitative estimate of drug-likeness (QED) is 0.863. The number of aromatic nitrogens is 1. The molecule has 0 saturated carbocycles. The summed E-state index contributed by atoms with van der Waals surface area (Å²) in [5.74, 6) is -0.125. The Bertz CT molecular complexity index is 480. The zero-order valence-electron chi connectivity index (χ0n) is 9.34. The van der Waals surface area contributed by atoms with E-state index in [9.17, 15) is 4.79 Å². The van der Waals surface area contributed by atoms with Crippen molar-refractivity contribution in [3.05, 3.63) is 46.4 Å². The Balaban J connectivity index is 1.91. The van der Waals surface area contributed by atoms with E-state index in [0.29, 0.717) is 12.2 Å². The molecule has 88 valence electrons. The molecule has 1 aromatic carbocycles. The van der Waals surface area contributed by atoms with Crippen molar-refractivity contribution in [2.45, 2.75) is 11.4 Å². The summed E-state index contributed by atoms with van der Waals surface area (Å²) in [5.41, 5.74) is 3.23. The molecule has 1 N–H and O–H groups in total. The van der Waals surface area contributed by atoms with Crippen molar-refractivity contribution in [2.24, 2.45) is 0 Å². The van der Waals surface area contributed by atoms with Gasteiger partial charge in [-0.25, -0.2) is 4.98 Å². The molecule has 0 atom stereocenters. The van der Waals surface area contributed by atoms with Gasteiger partial charge in [0.1, 0.15) is 5.69 Å². The van der Waals surface area contributed by atoms with Gasteiger partial charge in [-0.2, -0.15) is 0 Å². The topological polar surface area (TPSA) is 42.0 Å². The SMILES string of the molecule is CSc1ccc(CNC(=O)c2cscn2)cc1. The first-order chi connectivity index (χ1) is 8.29. The Morgan fingerprint density at radius 1 is 1.41 bits per heavy atom. The van der Waals surface area contributed by atoms with Gasteiger partial charge in [0.05, 0.1) is 5.51 Å². The van der Waals surface area contributed by atoms with Crippen LogP contribution in [0.4, 0.5) is 0 Å². The lowest BCUT2D eigenvalue weighted by Gasteiger charge is -2.04. The molecule has 0 bridgehead atoms. The zero-order chi connectivity index (χ0) is 12.1. The monoisotopic (exact) mass is 264 g/mol. The molecule has 0 radical (unpaired) electrons. The first-order valence-electron chi connectivity index (χ1n) is 5.09. The molecule has 0 aliphatic heterocycles. The first-order valence-corrected chi connectivity index (χ1v) is 7.25. The molecule has 1 amide bonds. The fraction of sp³-hybridized carbons (Fsp3) is 0.167. The molecule has 2 rings (SSSR count). The van der Waals surface area contributed by atoms with Crippen LogP contribution in [-0.4, -0.2) is 17.1 Å². The number of benzene rings is 1. The second-order valence-electron chi connectivity index (χ2n) is 3.40. The third kappa shape index (κ3) is 3.31. The minimum Gasteiger partial charge on any atom is -0.347 e. The highest BCUT2D eigenvalue weighted by atomic mass is 32.2. The summed E-state index contributed by atoms with van der Waals surface area (Å²) in [4.78, 5) is 16.8. The lowest BCUT2D eigenvalue weighted by Crippen LogP contribution is -2.22. The highest BCUT2D eigenvalue weighted by Crippen LogP contribution is 2.14. The third-order valence-electron chi connectivity index (χ3n) is 2.28. The van der Waals surface area contributed by atoms with Gasteiger partial charge < -0.3 is 5.32 Å². The van der Waals surface area contributed by atoms with Crippen molar-refractivity contribution >= 4 is 29.0 Å². The van der Waals surface area contributed by atoms with Crippen LogP contribution < -0.4 is 5.32 Å². The van der Waals surface area contributed by atoms with Gasteiger partial charge in [-0.3, -0.25) is 4.79 Å². The van der Waals surface area contributed by atoms with Crippen LogP contribution in [0.25, 0.3) is 0 Å². The molecular weight excluding hydrogens is 252 g/mol. The predicted molar refractivity (Wildman–Crippen MR) is 71.5 cm³/mol. The number of thioether (sulfide) groups is 1. The van der Waals surface area contributed by atoms with E-state index >= 15 is 0 Å². The van der Waals surface area contributed by atoms with Crippen LogP contribution in [0.15, 0.2) is 40.1 Å². The lowest BCUT2D eigenvalue weighted by molar-refractivity contribution is 0.0946. The van der Waals surface area contributed by atoms with Crippen LogP contribution in [0.3, 0.4) is 0 Å². The summed E-state index contributed by atoms with van der Waals surface area (Å²) in [6, 6.07) is 8.14. The Morgan fingerprint density at radius 3 is 2.76 bits per heavy atom. The Kier molecular flexibility index (Phi) is 4.17. The van der Waals surface area contributed by atoms with E-state index in [-0.39, 0.29) is 5.91 Å². The molecule has 0 aliphatic rings. The van der Waals surface area contributed by atoms with E-state index in [2.05, 4.69) is 22.4 Å². The molecule has 5 heteroatoms. The molecule has 0 spiro atoms. The smallest absolute Gasteiger partial charge is 0.271 e. The van der Waals surface area contributed by atoms with Crippen molar-refractivity contribution < 1.29 is 4.79 Å². The summed E-state index contributed by atoms with van der Waals surface area (Å²) in [5, 5.41) is 4.58. The highest BCUT2D eigenvalue weighted by Gasteiger charge is 2.06. The lowest BCUT2D eigenvalue weighted by atomic mass is 10.2. The number of thiazole rings is 1. The van der Waals surface area contributed by atoms with Gasteiger partial charge in [-0.05, 0) is 24.0 Å². The van der Waals surface area contributed by atoms with Gasteiger partial charge >= 0.3 is 0 Å². The Morgan fingerprint density at radius 2 is 2.18 bits per heavy atom. The molecule has 3 nitrogen and oxygen atoms in total. The van der Waals surface area contributed by atoms with E-state index in [4.69, 9.17) is 0 Å². The second-order valence-corrected chi connectivity index (χ2v) is 5.00. The molecule has 0 fully saturated rings. The van der Waals surface area contributed by atoms with Gasteiger partial charge in [0, 0.05) is 16.8 Å². The van der Waals surface area contributed by atoms with E-state index in [1.165, 1.54) is 16.2 Å². The fourth-order valence-corrected chi connectivity index (χ4v) is 2.28. The van der Waals surface area contributed by atoms with Gasteiger partial charge in [0.25, 0.3) is 5.91 Å². The molecule has 0 unspecified atom stereocenters. The van der Waals surface area contributed by atoms with Crippen LogP contribution in [0.1, 0.15) is 16.1 Å². The van der Waals surface area contributed by atoms with Gasteiger partial charge in [0.2, 0.25) is 0 Å². The molecule has 0 saturated heterocycles. The molecule has 2 aromatic rings. The molecule has 17 heavy (non-hydrogen) atoms. The fourth-order valence-electron chi connectivity index (χ4n) is 1.34. The summed E-state index contributed by atoms with van der Waals surface area (Å²) in [6.45, 7) is 0.533. The maximum absolute atomic E-state index is 11.6. The van der Waals surface area contributed by atoms with Gasteiger partial charge in [-0.1, -0.05) is 12.1 Å². The van der Waals surface area contributed by atoms with Gasteiger partial charge in [0.15, 0.2) is 0 Å². The number of nitrogens with zero attached hydrogens (tertiary/aromatic N) is 1. The largest absolute Gasteiger partial charge is 0.347 e. The van der Waals surface area contributed by atoms with Crippen LogP contribution >= 0.6 is 23.1 Å².